The standard InChI is InChI=1S/C12H15Cl2NO2S/c13-6-8-18(16,17)15-7-2-5-12(15)10-3-1-4-11(14)9-10/h1,3-4,9,12H,2,5-8H2. The second-order valence-electron chi connectivity index (χ2n) is 4.33. The Kier molecular flexibility index (Phi) is 4.54. The first-order valence-corrected chi connectivity index (χ1v) is 8.38. The van der Waals surface area contributed by atoms with Crippen molar-refractivity contribution in [2.24, 2.45) is 0 Å². The zero-order chi connectivity index (χ0) is 13.2. The fourth-order valence-electron chi connectivity index (χ4n) is 2.33. The summed E-state index contributed by atoms with van der Waals surface area (Å²) in [6, 6.07) is 7.29. The Morgan fingerprint density at radius 3 is 2.83 bits per heavy atom. The van der Waals surface area contributed by atoms with Crippen molar-refractivity contribution in [1.82, 2.24) is 4.31 Å². The number of rotatable bonds is 4. The van der Waals surface area contributed by atoms with Crippen LogP contribution in [0.4, 0.5) is 0 Å². The van der Waals surface area contributed by atoms with E-state index in [1.165, 1.54) is 0 Å². The molecular weight excluding hydrogens is 293 g/mol. The van der Waals surface area contributed by atoms with Gasteiger partial charge in [0.2, 0.25) is 10.0 Å². The van der Waals surface area contributed by atoms with Crippen LogP contribution in [0.25, 0.3) is 0 Å². The molecule has 1 aromatic rings. The van der Waals surface area contributed by atoms with Gasteiger partial charge in [0.25, 0.3) is 0 Å². The Hall–Kier alpha value is -0.290. The van der Waals surface area contributed by atoms with E-state index in [1.807, 2.05) is 18.2 Å². The maximum Gasteiger partial charge on any atom is 0.215 e. The van der Waals surface area contributed by atoms with Crippen LogP contribution in [0.2, 0.25) is 5.02 Å². The van der Waals surface area contributed by atoms with Crippen molar-refractivity contribution in [1.29, 1.82) is 0 Å². The first-order chi connectivity index (χ1) is 8.54. The first kappa shape index (κ1) is 14.1. The van der Waals surface area contributed by atoms with Gasteiger partial charge in [-0.15, -0.1) is 11.6 Å². The van der Waals surface area contributed by atoms with E-state index in [0.29, 0.717) is 11.6 Å². The van der Waals surface area contributed by atoms with Crippen molar-refractivity contribution in [3.8, 4) is 0 Å². The number of benzene rings is 1. The van der Waals surface area contributed by atoms with Gasteiger partial charge in [0.05, 0.1) is 5.75 Å². The maximum atomic E-state index is 12.1. The molecule has 0 aliphatic carbocycles. The zero-order valence-corrected chi connectivity index (χ0v) is 12.2. The van der Waals surface area contributed by atoms with Gasteiger partial charge in [0.15, 0.2) is 0 Å². The SMILES string of the molecule is O=S(=O)(CCCl)N1CCCC1c1cccc(Cl)c1. The van der Waals surface area contributed by atoms with Gasteiger partial charge in [-0.25, -0.2) is 8.42 Å². The molecule has 0 saturated carbocycles. The molecule has 0 radical (unpaired) electrons. The minimum Gasteiger partial charge on any atom is -0.212 e. The summed E-state index contributed by atoms with van der Waals surface area (Å²) in [6.07, 6.45) is 1.71. The normalized spacial score (nSPS) is 21.3. The van der Waals surface area contributed by atoms with E-state index in [-0.39, 0.29) is 17.7 Å². The number of sulfonamides is 1. The van der Waals surface area contributed by atoms with Crippen molar-refractivity contribution in [3.63, 3.8) is 0 Å². The maximum absolute atomic E-state index is 12.1. The smallest absolute Gasteiger partial charge is 0.212 e. The number of halogens is 2. The molecule has 1 fully saturated rings. The van der Waals surface area contributed by atoms with Crippen LogP contribution in [0.3, 0.4) is 0 Å². The summed E-state index contributed by atoms with van der Waals surface area (Å²) in [4.78, 5) is 0. The molecule has 0 aromatic heterocycles. The van der Waals surface area contributed by atoms with Gasteiger partial charge < -0.3 is 0 Å². The highest BCUT2D eigenvalue weighted by Gasteiger charge is 2.34. The average molecular weight is 308 g/mol. The topological polar surface area (TPSA) is 37.4 Å². The molecule has 18 heavy (non-hydrogen) atoms. The summed E-state index contributed by atoms with van der Waals surface area (Å²) in [5.74, 6) is 0.118. The number of alkyl halides is 1. The summed E-state index contributed by atoms with van der Waals surface area (Å²) in [5, 5.41) is 0.633. The predicted octanol–water partition coefficient (Wildman–Crippen LogP) is 3.05. The van der Waals surface area contributed by atoms with E-state index in [2.05, 4.69) is 0 Å². The molecule has 1 aliphatic heterocycles. The summed E-state index contributed by atoms with van der Waals surface area (Å²) < 4.78 is 25.8. The van der Waals surface area contributed by atoms with Crippen LogP contribution in [0, 0.1) is 0 Å². The zero-order valence-electron chi connectivity index (χ0n) is 9.85. The van der Waals surface area contributed by atoms with Gasteiger partial charge in [-0.1, -0.05) is 23.7 Å². The van der Waals surface area contributed by atoms with Gasteiger partial charge in [-0.3, -0.25) is 0 Å². The second kappa shape index (κ2) is 5.78. The number of hydrogen-bond acceptors (Lipinski definition) is 2. The molecule has 1 unspecified atom stereocenters. The Morgan fingerprint density at radius 1 is 1.39 bits per heavy atom. The lowest BCUT2D eigenvalue weighted by Crippen LogP contribution is -2.33. The third-order valence-electron chi connectivity index (χ3n) is 3.13. The van der Waals surface area contributed by atoms with Crippen molar-refractivity contribution in [2.75, 3.05) is 18.2 Å². The van der Waals surface area contributed by atoms with Gasteiger partial charge >= 0.3 is 0 Å². The van der Waals surface area contributed by atoms with Crippen LogP contribution in [0.15, 0.2) is 24.3 Å². The van der Waals surface area contributed by atoms with E-state index < -0.39 is 10.0 Å². The highest BCUT2D eigenvalue weighted by molar-refractivity contribution is 7.89. The molecule has 1 aromatic carbocycles. The Bertz CT molecular complexity index is 519. The van der Waals surface area contributed by atoms with Gasteiger partial charge in [0.1, 0.15) is 0 Å². The minimum atomic E-state index is -3.26. The molecule has 100 valence electrons. The van der Waals surface area contributed by atoms with Crippen molar-refractivity contribution < 1.29 is 8.42 Å². The second-order valence-corrected chi connectivity index (χ2v) is 7.18. The fourth-order valence-corrected chi connectivity index (χ4v) is 4.57. The van der Waals surface area contributed by atoms with Crippen LogP contribution < -0.4 is 0 Å². The van der Waals surface area contributed by atoms with E-state index in [4.69, 9.17) is 23.2 Å². The lowest BCUT2D eigenvalue weighted by molar-refractivity contribution is 0.397. The first-order valence-electron chi connectivity index (χ1n) is 5.85. The van der Waals surface area contributed by atoms with E-state index in [9.17, 15) is 8.42 Å². The average Bonchev–Trinajstić information content (AvgIpc) is 2.78. The Morgan fingerprint density at radius 2 is 2.17 bits per heavy atom. The van der Waals surface area contributed by atoms with Crippen LogP contribution in [0.5, 0.6) is 0 Å². The molecule has 3 nitrogen and oxygen atoms in total. The van der Waals surface area contributed by atoms with Gasteiger partial charge in [-0.05, 0) is 30.5 Å². The summed E-state index contributed by atoms with van der Waals surface area (Å²) >= 11 is 11.5. The lowest BCUT2D eigenvalue weighted by Gasteiger charge is -2.24. The van der Waals surface area contributed by atoms with Crippen molar-refractivity contribution in [3.05, 3.63) is 34.9 Å². The molecule has 1 saturated heterocycles. The molecule has 1 heterocycles. The van der Waals surface area contributed by atoms with Gasteiger partial charge in [0, 0.05) is 23.5 Å². The largest absolute Gasteiger partial charge is 0.215 e. The van der Waals surface area contributed by atoms with Crippen LogP contribution in [0.1, 0.15) is 24.4 Å². The minimum absolute atomic E-state index is 0.00831. The third kappa shape index (κ3) is 2.99. The molecule has 0 bridgehead atoms. The molecule has 2 rings (SSSR count). The monoisotopic (exact) mass is 307 g/mol. The van der Waals surface area contributed by atoms with Crippen molar-refractivity contribution >= 4 is 33.2 Å². The molecule has 0 N–H and O–H groups in total. The number of nitrogens with zero attached hydrogens (tertiary/aromatic N) is 1. The molecule has 0 amide bonds. The molecule has 6 heteroatoms. The summed E-state index contributed by atoms with van der Waals surface area (Å²) in [7, 11) is -3.26. The molecule has 0 spiro atoms. The fraction of sp³-hybridized carbons (Fsp3) is 0.500. The van der Waals surface area contributed by atoms with Crippen LogP contribution in [-0.4, -0.2) is 30.9 Å². The number of hydrogen-bond donors (Lipinski definition) is 0. The third-order valence-corrected chi connectivity index (χ3v) is 5.65. The predicted molar refractivity (Wildman–Crippen MR) is 74.6 cm³/mol. The van der Waals surface area contributed by atoms with E-state index >= 15 is 0 Å². The highest BCUT2D eigenvalue weighted by atomic mass is 35.5. The van der Waals surface area contributed by atoms with E-state index in [1.54, 1.807) is 10.4 Å². The summed E-state index contributed by atoms with van der Waals surface area (Å²) in [5.41, 5.74) is 0.957. The van der Waals surface area contributed by atoms with Crippen LogP contribution >= 0.6 is 23.2 Å². The molecule has 1 aliphatic rings. The Balaban J connectivity index is 2.28. The quantitative estimate of drug-likeness (QED) is 0.802. The Labute approximate surface area is 118 Å². The molecule has 1 atom stereocenters. The lowest BCUT2D eigenvalue weighted by atomic mass is 10.1. The van der Waals surface area contributed by atoms with E-state index in [0.717, 1.165) is 18.4 Å². The van der Waals surface area contributed by atoms with Gasteiger partial charge in [-0.2, -0.15) is 4.31 Å². The van der Waals surface area contributed by atoms with Crippen LogP contribution in [-0.2, 0) is 10.0 Å². The molecular formula is C12H15Cl2NO2S. The summed E-state index contributed by atoms with van der Waals surface area (Å²) in [6.45, 7) is 0.566. The highest BCUT2D eigenvalue weighted by Crippen LogP contribution is 2.35. The van der Waals surface area contributed by atoms with Crippen molar-refractivity contribution in [2.45, 2.75) is 18.9 Å².